The van der Waals surface area contributed by atoms with E-state index < -0.39 is 12.0 Å². The van der Waals surface area contributed by atoms with Crippen molar-refractivity contribution in [3.8, 4) is 0 Å². The fourth-order valence-electron chi connectivity index (χ4n) is 3.75. The number of nitrogens with zero attached hydrogens (tertiary/aromatic N) is 1. The van der Waals surface area contributed by atoms with Crippen molar-refractivity contribution in [1.82, 2.24) is 4.90 Å². The summed E-state index contributed by atoms with van der Waals surface area (Å²) in [6.45, 7) is 0.517. The smallest absolute Gasteiger partial charge is 0.326 e. The predicted octanol–water partition coefficient (Wildman–Crippen LogP) is 2.72. The summed E-state index contributed by atoms with van der Waals surface area (Å²) in [5.74, 6) is -0.866. The van der Waals surface area contributed by atoms with Crippen LogP contribution in [0.15, 0.2) is 24.3 Å². The molecular formula is C17H21NO3. The minimum atomic E-state index is -0.852. The third-order valence-electron chi connectivity index (χ3n) is 4.82. The Morgan fingerprint density at radius 2 is 1.90 bits per heavy atom. The van der Waals surface area contributed by atoms with E-state index in [9.17, 15) is 14.7 Å². The van der Waals surface area contributed by atoms with Crippen LogP contribution in [0.1, 0.15) is 48.0 Å². The minimum Gasteiger partial charge on any atom is -0.480 e. The van der Waals surface area contributed by atoms with Crippen LogP contribution in [0.5, 0.6) is 0 Å². The molecule has 0 radical (unpaired) electrons. The van der Waals surface area contributed by atoms with E-state index in [-0.39, 0.29) is 11.8 Å². The van der Waals surface area contributed by atoms with Crippen molar-refractivity contribution in [3.63, 3.8) is 0 Å². The Labute approximate surface area is 124 Å². The van der Waals surface area contributed by atoms with Gasteiger partial charge in [-0.05, 0) is 36.8 Å². The number of carbonyl (C=O) groups excluding carboxylic acids is 1. The summed E-state index contributed by atoms with van der Waals surface area (Å²) in [5, 5.41) is 9.65. The SMILES string of the molecule is O=C(O)C(C1CCCCC1)N1CCc2ccccc2C1=O. The standard InChI is InChI=1S/C17H21NO3/c19-16-14-9-5-4-6-12(14)10-11-18(16)15(17(20)21)13-7-2-1-3-8-13/h4-6,9,13,15H,1-3,7-8,10-11H2,(H,20,21). The van der Waals surface area contributed by atoms with Crippen LogP contribution in [0.25, 0.3) is 0 Å². The summed E-state index contributed by atoms with van der Waals surface area (Å²) in [5.41, 5.74) is 1.71. The van der Waals surface area contributed by atoms with Crippen LogP contribution in [-0.4, -0.2) is 34.5 Å². The van der Waals surface area contributed by atoms with E-state index in [2.05, 4.69) is 0 Å². The molecule has 3 rings (SSSR count). The second-order valence-electron chi connectivity index (χ2n) is 6.09. The molecule has 21 heavy (non-hydrogen) atoms. The molecular weight excluding hydrogens is 266 g/mol. The summed E-state index contributed by atoms with van der Waals surface area (Å²) >= 11 is 0. The predicted molar refractivity (Wildman–Crippen MR) is 79.2 cm³/mol. The van der Waals surface area contributed by atoms with Crippen molar-refractivity contribution < 1.29 is 14.7 Å². The molecule has 1 aliphatic carbocycles. The van der Waals surface area contributed by atoms with Gasteiger partial charge >= 0.3 is 5.97 Å². The molecule has 112 valence electrons. The summed E-state index contributed by atoms with van der Waals surface area (Å²) in [6.07, 6.45) is 5.92. The highest BCUT2D eigenvalue weighted by molar-refractivity contribution is 5.98. The quantitative estimate of drug-likeness (QED) is 0.930. The monoisotopic (exact) mass is 287 g/mol. The topological polar surface area (TPSA) is 57.6 Å². The lowest BCUT2D eigenvalue weighted by Gasteiger charge is -2.38. The molecule has 4 nitrogen and oxygen atoms in total. The van der Waals surface area contributed by atoms with E-state index in [0.717, 1.165) is 37.7 Å². The molecule has 1 atom stereocenters. The lowest BCUT2D eigenvalue weighted by atomic mass is 9.82. The number of amides is 1. The average molecular weight is 287 g/mol. The highest BCUT2D eigenvalue weighted by Crippen LogP contribution is 2.31. The molecule has 2 aliphatic rings. The molecule has 1 amide bonds. The zero-order chi connectivity index (χ0) is 14.8. The first-order chi connectivity index (χ1) is 10.2. The molecule has 1 aromatic carbocycles. The second kappa shape index (κ2) is 5.88. The zero-order valence-electron chi connectivity index (χ0n) is 12.1. The number of carbonyl (C=O) groups is 2. The van der Waals surface area contributed by atoms with Crippen LogP contribution in [0.2, 0.25) is 0 Å². The molecule has 1 aliphatic heterocycles. The van der Waals surface area contributed by atoms with Gasteiger partial charge in [0.1, 0.15) is 6.04 Å². The van der Waals surface area contributed by atoms with Gasteiger partial charge in [0.05, 0.1) is 0 Å². The Bertz CT molecular complexity index is 549. The van der Waals surface area contributed by atoms with Gasteiger partial charge in [0.2, 0.25) is 0 Å². The molecule has 1 aromatic rings. The second-order valence-corrected chi connectivity index (χ2v) is 6.09. The summed E-state index contributed by atoms with van der Waals surface area (Å²) in [6, 6.07) is 6.88. The van der Waals surface area contributed by atoms with Gasteiger partial charge in [0.15, 0.2) is 0 Å². The largest absolute Gasteiger partial charge is 0.480 e. The first-order valence-corrected chi connectivity index (χ1v) is 7.80. The molecule has 1 saturated carbocycles. The molecule has 1 fully saturated rings. The Kier molecular flexibility index (Phi) is 3.95. The number of rotatable bonds is 3. The van der Waals surface area contributed by atoms with Crippen molar-refractivity contribution in [2.45, 2.75) is 44.6 Å². The number of hydrogen-bond acceptors (Lipinski definition) is 2. The Balaban J connectivity index is 1.87. The summed E-state index contributed by atoms with van der Waals surface area (Å²) in [7, 11) is 0. The number of carboxylic acids is 1. The van der Waals surface area contributed by atoms with Gasteiger partial charge in [-0.25, -0.2) is 4.79 Å². The van der Waals surface area contributed by atoms with Crippen molar-refractivity contribution in [2.75, 3.05) is 6.54 Å². The maximum Gasteiger partial charge on any atom is 0.326 e. The molecule has 0 spiro atoms. The van der Waals surface area contributed by atoms with Gasteiger partial charge in [-0.15, -0.1) is 0 Å². The minimum absolute atomic E-state index is 0.102. The van der Waals surface area contributed by atoms with E-state index in [0.29, 0.717) is 12.1 Å². The van der Waals surface area contributed by atoms with E-state index >= 15 is 0 Å². The van der Waals surface area contributed by atoms with Crippen LogP contribution >= 0.6 is 0 Å². The maximum atomic E-state index is 12.7. The molecule has 0 saturated heterocycles. The molecule has 4 heteroatoms. The first-order valence-electron chi connectivity index (χ1n) is 7.80. The fourth-order valence-corrected chi connectivity index (χ4v) is 3.75. The van der Waals surface area contributed by atoms with Gasteiger partial charge in [0, 0.05) is 12.1 Å². The van der Waals surface area contributed by atoms with Crippen LogP contribution in [0, 0.1) is 5.92 Å². The van der Waals surface area contributed by atoms with Crippen LogP contribution in [0.3, 0.4) is 0 Å². The van der Waals surface area contributed by atoms with Crippen LogP contribution < -0.4 is 0 Å². The van der Waals surface area contributed by atoms with E-state index in [4.69, 9.17) is 0 Å². The van der Waals surface area contributed by atoms with E-state index in [1.807, 2.05) is 24.3 Å². The molecule has 1 heterocycles. The maximum absolute atomic E-state index is 12.7. The van der Waals surface area contributed by atoms with Gasteiger partial charge in [-0.3, -0.25) is 4.79 Å². The Morgan fingerprint density at radius 1 is 1.19 bits per heavy atom. The molecule has 1 unspecified atom stereocenters. The van der Waals surface area contributed by atoms with Gasteiger partial charge < -0.3 is 10.0 Å². The fraction of sp³-hybridized carbons (Fsp3) is 0.529. The molecule has 1 N–H and O–H groups in total. The third kappa shape index (κ3) is 2.67. The zero-order valence-corrected chi connectivity index (χ0v) is 12.1. The van der Waals surface area contributed by atoms with E-state index in [1.165, 1.54) is 6.42 Å². The average Bonchev–Trinajstić information content (AvgIpc) is 2.51. The summed E-state index contributed by atoms with van der Waals surface area (Å²) < 4.78 is 0. The van der Waals surface area contributed by atoms with Gasteiger partial charge in [-0.1, -0.05) is 37.5 Å². The van der Waals surface area contributed by atoms with Crippen LogP contribution in [-0.2, 0) is 11.2 Å². The highest BCUT2D eigenvalue weighted by atomic mass is 16.4. The third-order valence-corrected chi connectivity index (χ3v) is 4.82. The van der Waals surface area contributed by atoms with Crippen molar-refractivity contribution in [3.05, 3.63) is 35.4 Å². The first kappa shape index (κ1) is 14.1. The number of aliphatic carboxylic acids is 1. The molecule has 0 bridgehead atoms. The number of hydrogen-bond donors (Lipinski definition) is 1. The van der Waals surface area contributed by atoms with Crippen molar-refractivity contribution >= 4 is 11.9 Å². The number of fused-ring (bicyclic) bond motifs is 1. The van der Waals surface area contributed by atoms with Crippen molar-refractivity contribution in [2.24, 2.45) is 5.92 Å². The highest BCUT2D eigenvalue weighted by Gasteiger charge is 2.39. The molecule has 0 aromatic heterocycles. The van der Waals surface area contributed by atoms with Gasteiger partial charge in [-0.2, -0.15) is 0 Å². The Hall–Kier alpha value is -1.84. The van der Waals surface area contributed by atoms with Gasteiger partial charge in [0.25, 0.3) is 5.91 Å². The number of carboxylic acid groups (broad SMARTS) is 1. The lowest BCUT2D eigenvalue weighted by Crippen LogP contribution is -2.52. The summed E-state index contributed by atoms with van der Waals surface area (Å²) in [4.78, 5) is 26.0. The van der Waals surface area contributed by atoms with E-state index in [1.54, 1.807) is 4.90 Å². The van der Waals surface area contributed by atoms with Crippen LogP contribution in [0.4, 0.5) is 0 Å². The van der Waals surface area contributed by atoms with Crippen molar-refractivity contribution in [1.29, 1.82) is 0 Å². The lowest BCUT2D eigenvalue weighted by molar-refractivity contribution is -0.145. The normalized spacial score (nSPS) is 21.0. The number of benzene rings is 1. The Morgan fingerprint density at radius 3 is 2.62 bits per heavy atom.